The molecule has 0 saturated carbocycles. The van der Waals surface area contributed by atoms with Gasteiger partial charge in [-0.25, -0.2) is 4.39 Å². The molecule has 80 valence electrons. The first-order valence-corrected chi connectivity index (χ1v) is 5.61. The number of halogens is 1. The van der Waals surface area contributed by atoms with Gasteiger partial charge in [0, 0.05) is 22.7 Å². The van der Waals surface area contributed by atoms with Crippen molar-refractivity contribution in [1.82, 2.24) is 5.32 Å². The molecule has 0 aliphatic carbocycles. The second-order valence-electron chi connectivity index (χ2n) is 3.30. The van der Waals surface area contributed by atoms with Gasteiger partial charge in [-0.15, -0.1) is 11.3 Å². The Labute approximate surface area is 91.4 Å². The maximum Gasteiger partial charge on any atom is 0.123 e. The molecule has 0 aliphatic heterocycles. The molecule has 2 rings (SSSR count). The summed E-state index contributed by atoms with van der Waals surface area (Å²) in [6, 6.07) is 6.80. The summed E-state index contributed by atoms with van der Waals surface area (Å²) in [6.07, 6.45) is 0. The van der Waals surface area contributed by atoms with Crippen molar-refractivity contribution >= 4 is 21.4 Å². The van der Waals surface area contributed by atoms with Gasteiger partial charge in [-0.05, 0) is 29.7 Å². The van der Waals surface area contributed by atoms with E-state index in [4.69, 9.17) is 5.11 Å². The van der Waals surface area contributed by atoms with E-state index < -0.39 is 0 Å². The van der Waals surface area contributed by atoms with Crippen LogP contribution in [-0.4, -0.2) is 18.3 Å². The maximum atomic E-state index is 12.9. The standard InChI is InChI=1S/C11H12FNOS/c12-9-1-2-11-8(5-9)6-10(15-11)7-13-3-4-14/h1-2,5-6,13-14H,3-4,7H2. The highest BCUT2D eigenvalue weighted by Crippen LogP contribution is 2.25. The van der Waals surface area contributed by atoms with E-state index in [1.807, 2.05) is 6.07 Å². The Morgan fingerprint density at radius 3 is 3.00 bits per heavy atom. The van der Waals surface area contributed by atoms with Gasteiger partial charge in [-0.1, -0.05) is 0 Å². The number of thiophene rings is 1. The molecule has 0 saturated heterocycles. The van der Waals surface area contributed by atoms with E-state index in [1.165, 1.54) is 6.07 Å². The number of aliphatic hydroxyl groups is 1. The highest BCUT2D eigenvalue weighted by molar-refractivity contribution is 7.19. The van der Waals surface area contributed by atoms with Crippen LogP contribution >= 0.6 is 11.3 Å². The van der Waals surface area contributed by atoms with Crippen LogP contribution in [0.15, 0.2) is 24.3 Å². The minimum absolute atomic E-state index is 0.138. The predicted molar refractivity (Wildman–Crippen MR) is 60.6 cm³/mol. The van der Waals surface area contributed by atoms with Crippen LogP contribution < -0.4 is 5.32 Å². The molecule has 2 nitrogen and oxygen atoms in total. The number of hydrogen-bond donors (Lipinski definition) is 2. The van der Waals surface area contributed by atoms with Gasteiger partial charge in [0.2, 0.25) is 0 Å². The number of nitrogens with one attached hydrogen (secondary N) is 1. The fraction of sp³-hybridized carbons (Fsp3) is 0.273. The lowest BCUT2D eigenvalue weighted by atomic mass is 10.2. The molecule has 0 fully saturated rings. The zero-order valence-electron chi connectivity index (χ0n) is 8.16. The van der Waals surface area contributed by atoms with Crippen LogP contribution in [0.3, 0.4) is 0 Å². The van der Waals surface area contributed by atoms with Crippen molar-refractivity contribution in [1.29, 1.82) is 0 Å². The fourth-order valence-corrected chi connectivity index (χ4v) is 2.46. The average molecular weight is 225 g/mol. The molecule has 1 aromatic heterocycles. The van der Waals surface area contributed by atoms with Crippen molar-refractivity contribution in [3.63, 3.8) is 0 Å². The van der Waals surface area contributed by atoms with Gasteiger partial charge < -0.3 is 10.4 Å². The van der Waals surface area contributed by atoms with Gasteiger partial charge >= 0.3 is 0 Å². The molecular weight excluding hydrogens is 213 g/mol. The summed E-state index contributed by atoms with van der Waals surface area (Å²) >= 11 is 1.65. The van der Waals surface area contributed by atoms with Crippen molar-refractivity contribution in [2.24, 2.45) is 0 Å². The molecule has 0 bridgehead atoms. The minimum atomic E-state index is -0.199. The molecule has 0 unspecified atom stereocenters. The number of benzene rings is 1. The molecule has 0 amide bonds. The molecular formula is C11H12FNOS. The largest absolute Gasteiger partial charge is 0.395 e. The van der Waals surface area contributed by atoms with E-state index in [2.05, 4.69) is 5.32 Å². The van der Waals surface area contributed by atoms with Gasteiger partial charge in [0.25, 0.3) is 0 Å². The Kier molecular flexibility index (Phi) is 3.30. The van der Waals surface area contributed by atoms with E-state index in [1.54, 1.807) is 23.5 Å². The van der Waals surface area contributed by atoms with Crippen LogP contribution in [0.4, 0.5) is 4.39 Å². The molecule has 1 heterocycles. The summed E-state index contributed by atoms with van der Waals surface area (Å²) in [5.41, 5.74) is 0. The first-order chi connectivity index (χ1) is 7.29. The van der Waals surface area contributed by atoms with Crippen molar-refractivity contribution < 1.29 is 9.50 Å². The third-order valence-corrected chi connectivity index (χ3v) is 3.23. The quantitative estimate of drug-likeness (QED) is 0.781. The number of aliphatic hydroxyl groups excluding tert-OH is 1. The summed E-state index contributed by atoms with van der Waals surface area (Å²) in [6.45, 7) is 1.45. The predicted octanol–water partition coefficient (Wildman–Crippen LogP) is 2.12. The van der Waals surface area contributed by atoms with Crippen molar-refractivity contribution in [2.45, 2.75) is 6.54 Å². The summed E-state index contributed by atoms with van der Waals surface area (Å²) in [5, 5.41) is 12.7. The molecule has 2 N–H and O–H groups in total. The van der Waals surface area contributed by atoms with E-state index in [0.717, 1.165) is 21.5 Å². The zero-order valence-corrected chi connectivity index (χ0v) is 8.98. The smallest absolute Gasteiger partial charge is 0.123 e. The van der Waals surface area contributed by atoms with E-state index in [-0.39, 0.29) is 12.4 Å². The van der Waals surface area contributed by atoms with E-state index >= 15 is 0 Å². The Bertz CT molecular complexity index is 455. The Hall–Kier alpha value is -0.970. The average Bonchev–Trinajstić information content (AvgIpc) is 2.60. The molecule has 1 aromatic carbocycles. The molecule has 2 aromatic rings. The Morgan fingerprint density at radius 2 is 2.20 bits per heavy atom. The van der Waals surface area contributed by atoms with Gasteiger partial charge in [-0.3, -0.25) is 0 Å². The highest BCUT2D eigenvalue weighted by Gasteiger charge is 2.02. The SMILES string of the molecule is OCCNCc1cc2cc(F)ccc2s1. The molecule has 0 radical (unpaired) electrons. The summed E-state index contributed by atoms with van der Waals surface area (Å²) in [4.78, 5) is 1.16. The van der Waals surface area contributed by atoms with Crippen LogP contribution in [0.25, 0.3) is 10.1 Å². The van der Waals surface area contributed by atoms with Crippen LogP contribution in [0.5, 0.6) is 0 Å². The minimum Gasteiger partial charge on any atom is -0.395 e. The second kappa shape index (κ2) is 4.70. The third kappa shape index (κ3) is 2.53. The normalized spacial score (nSPS) is 11.1. The number of fused-ring (bicyclic) bond motifs is 1. The number of rotatable bonds is 4. The van der Waals surface area contributed by atoms with Gasteiger partial charge in [0.1, 0.15) is 5.82 Å². The van der Waals surface area contributed by atoms with Gasteiger partial charge in [0.05, 0.1) is 6.61 Å². The molecule has 4 heteroatoms. The van der Waals surface area contributed by atoms with Crippen LogP contribution in [0.2, 0.25) is 0 Å². The van der Waals surface area contributed by atoms with Gasteiger partial charge in [-0.2, -0.15) is 0 Å². The molecule has 0 spiro atoms. The highest BCUT2D eigenvalue weighted by atomic mass is 32.1. The Morgan fingerprint density at radius 1 is 1.33 bits per heavy atom. The third-order valence-electron chi connectivity index (χ3n) is 2.12. The van der Waals surface area contributed by atoms with Crippen molar-refractivity contribution in [2.75, 3.05) is 13.2 Å². The lowest BCUT2D eigenvalue weighted by molar-refractivity contribution is 0.292. The lowest BCUT2D eigenvalue weighted by Crippen LogP contribution is -2.16. The van der Waals surface area contributed by atoms with Crippen molar-refractivity contribution in [3.05, 3.63) is 35.0 Å². The molecule has 0 atom stereocenters. The molecule has 15 heavy (non-hydrogen) atoms. The van der Waals surface area contributed by atoms with Crippen LogP contribution in [-0.2, 0) is 6.54 Å². The lowest BCUT2D eigenvalue weighted by Gasteiger charge is -1.97. The zero-order chi connectivity index (χ0) is 10.7. The van der Waals surface area contributed by atoms with Crippen LogP contribution in [0, 0.1) is 5.82 Å². The summed E-state index contributed by atoms with van der Waals surface area (Å²) in [5.74, 6) is -0.199. The van der Waals surface area contributed by atoms with Crippen LogP contribution in [0.1, 0.15) is 4.88 Å². The van der Waals surface area contributed by atoms with Crippen molar-refractivity contribution in [3.8, 4) is 0 Å². The first kappa shape index (κ1) is 10.5. The Balaban J connectivity index is 2.16. The monoisotopic (exact) mass is 225 g/mol. The summed E-state index contributed by atoms with van der Waals surface area (Å²) in [7, 11) is 0. The topological polar surface area (TPSA) is 32.3 Å². The second-order valence-corrected chi connectivity index (χ2v) is 4.46. The first-order valence-electron chi connectivity index (χ1n) is 4.79. The van der Waals surface area contributed by atoms with E-state index in [0.29, 0.717) is 6.54 Å². The number of hydrogen-bond acceptors (Lipinski definition) is 3. The maximum absolute atomic E-state index is 12.9. The fourth-order valence-electron chi connectivity index (χ4n) is 1.45. The van der Waals surface area contributed by atoms with E-state index in [9.17, 15) is 4.39 Å². The van der Waals surface area contributed by atoms with Gasteiger partial charge in [0.15, 0.2) is 0 Å². The summed E-state index contributed by atoms with van der Waals surface area (Å²) < 4.78 is 14.0. The molecule has 0 aliphatic rings.